The van der Waals surface area contributed by atoms with Crippen molar-refractivity contribution in [3.63, 3.8) is 0 Å². The van der Waals surface area contributed by atoms with E-state index in [-0.39, 0.29) is 32.6 Å². The lowest BCUT2D eigenvalue weighted by Crippen LogP contribution is -2.14. The number of hydrogen-bond acceptors (Lipinski definition) is 4. The average molecular weight is 472 g/mol. The van der Waals surface area contributed by atoms with Crippen LogP contribution in [-0.4, -0.2) is 21.5 Å². The number of hydrogen-bond donors (Lipinski definition) is 0. The summed E-state index contributed by atoms with van der Waals surface area (Å²) < 4.78 is 6.71. The molecule has 5 nitrogen and oxygen atoms in total. The monoisotopic (exact) mass is 470 g/mol. The van der Waals surface area contributed by atoms with Crippen LogP contribution in [0.15, 0.2) is 30.5 Å². The summed E-state index contributed by atoms with van der Waals surface area (Å²) in [7, 11) is 1.54. The maximum Gasteiger partial charge on any atom is 0.346 e. The smallest absolute Gasteiger partial charge is 0.346 e. The summed E-state index contributed by atoms with van der Waals surface area (Å²) in [5, 5.41) is 5.26. The van der Waals surface area contributed by atoms with Crippen LogP contribution < -0.4 is 4.74 Å². The Morgan fingerprint density at radius 2 is 1.66 bits per heavy atom. The number of carbonyl (C=O) groups excluding carboxylic acids is 2. The fourth-order valence-electron chi connectivity index (χ4n) is 2.75. The molecule has 3 aromatic rings. The highest BCUT2D eigenvalue weighted by atomic mass is 35.5. The molecule has 0 N–H and O–H groups in total. The van der Waals surface area contributed by atoms with Crippen LogP contribution >= 0.6 is 46.4 Å². The van der Waals surface area contributed by atoms with Crippen LogP contribution in [0.4, 0.5) is 0 Å². The normalized spacial score (nSPS) is 10.9. The Kier molecular flexibility index (Phi) is 6.24. The van der Waals surface area contributed by atoms with Gasteiger partial charge in [0.25, 0.3) is 0 Å². The van der Waals surface area contributed by atoms with Crippen molar-refractivity contribution in [2.75, 3.05) is 0 Å². The highest BCUT2D eigenvalue weighted by molar-refractivity contribution is 6.39. The molecule has 9 heteroatoms. The molecule has 0 aliphatic rings. The first-order chi connectivity index (χ1) is 13.6. The first-order valence-corrected chi connectivity index (χ1v) is 9.82. The molecule has 0 fully saturated rings. The van der Waals surface area contributed by atoms with Gasteiger partial charge in [0.1, 0.15) is 5.56 Å². The van der Waals surface area contributed by atoms with Gasteiger partial charge in [0.2, 0.25) is 11.7 Å². The molecule has 2 aromatic carbocycles. The quantitative estimate of drug-likeness (QED) is 0.340. The molecule has 29 heavy (non-hydrogen) atoms. The van der Waals surface area contributed by atoms with E-state index in [1.54, 1.807) is 27.0 Å². The van der Waals surface area contributed by atoms with Crippen molar-refractivity contribution in [1.82, 2.24) is 9.78 Å². The van der Waals surface area contributed by atoms with E-state index in [0.717, 1.165) is 0 Å². The first-order valence-electron chi connectivity index (χ1n) is 8.31. The van der Waals surface area contributed by atoms with Gasteiger partial charge in [-0.25, -0.2) is 9.48 Å². The second kappa shape index (κ2) is 8.36. The van der Waals surface area contributed by atoms with E-state index in [4.69, 9.17) is 51.1 Å². The molecule has 0 aliphatic carbocycles. The van der Waals surface area contributed by atoms with Crippen molar-refractivity contribution in [3.05, 3.63) is 78.4 Å². The zero-order valence-electron chi connectivity index (χ0n) is 15.5. The molecule has 0 radical (unpaired) electrons. The lowest BCUT2D eigenvalue weighted by atomic mass is 10.0. The van der Waals surface area contributed by atoms with Gasteiger partial charge in [0.15, 0.2) is 0 Å². The van der Waals surface area contributed by atoms with Crippen LogP contribution in [0.5, 0.6) is 5.88 Å². The maximum atomic E-state index is 13.1. The number of esters is 1. The zero-order valence-corrected chi connectivity index (χ0v) is 18.5. The van der Waals surface area contributed by atoms with Crippen molar-refractivity contribution in [1.29, 1.82) is 0 Å². The van der Waals surface area contributed by atoms with Crippen molar-refractivity contribution in [3.8, 4) is 5.88 Å². The number of aromatic nitrogens is 2. The number of rotatable bonds is 4. The van der Waals surface area contributed by atoms with Gasteiger partial charge in [0.05, 0.1) is 21.8 Å². The number of benzene rings is 2. The predicted octanol–water partition coefficient (Wildman–Crippen LogP) is 6.10. The SMILES string of the molecule is Cc1cc(C(=O)c2cnn(C)c2OC(=O)c2ccc(Cl)cc2Cl)c(Cl)c(C)c1Cl. The first kappa shape index (κ1) is 21.7. The van der Waals surface area contributed by atoms with E-state index in [1.165, 1.54) is 29.1 Å². The number of carbonyl (C=O) groups is 2. The maximum absolute atomic E-state index is 13.1. The Morgan fingerprint density at radius 1 is 0.966 bits per heavy atom. The highest BCUT2D eigenvalue weighted by Crippen LogP contribution is 2.33. The third kappa shape index (κ3) is 4.14. The van der Waals surface area contributed by atoms with Gasteiger partial charge >= 0.3 is 5.97 Å². The summed E-state index contributed by atoms with van der Waals surface area (Å²) in [6, 6.07) is 5.97. The molecule has 0 bridgehead atoms. The number of ether oxygens (including phenoxy) is 1. The van der Waals surface area contributed by atoms with Crippen LogP contribution in [0.1, 0.15) is 37.4 Å². The molecule has 0 amide bonds. The molecule has 0 spiro atoms. The van der Waals surface area contributed by atoms with Gasteiger partial charge in [-0.1, -0.05) is 46.4 Å². The van der Waals surface area contributed by atoms with E-state index >= 15 is 0 Å². The summed E-state index contributed by atoms with van der Waals surface area (Å²) in [5.41, 5.74) is 1.71. The molecule has 0 saturated heterocycles. The Hall–Kier alpha value is -2.05. The highest BCUT2D eigenvalue weighted by Gasteiger charge is 2.26. The predicted molar refractivity (Wildman–Crippen MR) is 114 cm³/mol. The Morgan fingerprint density at radius 3 is 2.31 bits per heavy atom. The van der Waals surface area contributed by atoms with E-state index in [1.807, 2.05) is 0 Å². The topological polar surface area (TPSA) is 61.2 Å². The molecule has 3 rings (SSSR count). The van der Waals surface area contributed by atoms with Gasteiger partial charge in [-0.3, -0.25) is 4.79 Å². The fourth-order valence-corrected chi connectivity index (χ4v) is 3.67. The molecule has 1 aromatic heterocycles. The van der Waals surface area contributed by atoms with E-state index in [2.05, 4.69) is 5.10 Å². The van der Waals surface area contributed by atoms with Crippen LogP contribution in [0, 0.1) is 13.8 Å². The summed E-state index contributed by atoms with van der Waals surface area (Å²) in [5.74, 6) is -1.23. The summed E-state index contributed by atoms with van der Waals surface area (Å²) in [6.07, 6.45) is 1.31. The van der Waals surface area contributed by atoms with Gasteiger partial charge in [-0.15, -0.1) is 0 Å². The van der Waals surface area contributed by atoms with Crippen LogP contribution in [0.2, 0.25) is 20.1 Å². The largest absolute Gasteiger partial charge is 0.403 e. The molecule has 150 valence electrons. The molecule has 0 unspecified atom stereocenters. The Labute approximate surface area is 187 Å². The minimum atomic E-state index is -0.751. The molecule has 0 atom stereocenters. The van der Waals surface area contributed by atoms with Crippen LogP contribution in [-0.2, 0) is 7.05 Å². The summed E-state index contributed by atoms with van der Waals surface area (Å²) in [6.45, 7) is 3.50. The van der Waals surface area contributed by atoms with Gasteiger partial charge in [-0.05, 0) is 49.2 Å². The third-order valence-corrected chi connectivity index (χ3v) is 5.93. The lowest BCUT2D eigenvalue weighted by Gasteiger charge is -2.12. The molecule has 0 saturated carbocycles. The molecule has 1 heterocycles. The third-order valence-electron chi connectivity index (χ3n) is 4.32. The second-order valence-electron chi connectivity index (χ2n) is 6.32. The summed E-state index contributed by atoms with van der Waals surface area (Å²) >= 11 is 24.5. The van der Waals surface area contributed by atoms with Gasteiger partial charge in [-0.2, -0.15) is 5.10 Å². The van der Waals surface area contributed by atoms with Crippen molar-refractivity contribution in [2.24, 2.45) is 7.05 Å². The van der Waals surface area contributed by atoms with E-state index in [9.17, 15) is 9.59 Å². The van der Waals surface area contributed by atoms with Crippen LogP contribution in [0.3, 0.4) is 0 Å². The zero-order chi connectivity index (χ0) is 21.5. The minimum Gasteiger partial charge on any atom is -0.403 e. The van der Waals surface area contributed by atoms with E-state index < -0.39 is 11.8 Å². The number of ketones is 1. The minimum absolute atomic E-state index is 0.0349. The fraction of sp³-hybridized carbons (Fsp3) is 0.150. The molecular weight excluding hydrogens is 458 g/mol. The average Bonchev–Trinajstić information content (AvgIpc) is 3.02. The van der Waals surface area contributed by atoms with Gasteiger partial charge < -0.3 is 4.74 Å². The number of nitrogens with zero attached hydrogens (tertiary/aromatic N) is 2. The van der Waals surface area contributed by atoms with Crippen molar-refractivity contribution in [2.45, 2.75) is 13.8 Å². The van der Waals surface area contributed by atoms with Crippen molar-refractivity contribution >= 4 is 58.2 Å². The lowest BCUT2D eigenvalue weighted by molar-refractivity contribution is 0.0718. The van der Waals surface area contributed by atoms with Crippen molar-refractivity contribution < 1.29 is 14.3 Å². The standard InChI is InChI=1S/C20H14Cl4N2O3/c1-9-6-13(17(24)10(2)16(9)23)18(27)14-8-25-26(3)19(14)29-20(28)12-5-4-11(21)7-15(12)22/h4-8H,1-3H3. The Bertz CT molecular complexity index is 1160. The molecular formula is C20H14Cl4N2O3. The summed E-state index contributed by atoms with van der Waals surface area (Å²) in [4.78, 5) is 25.7. The Balaban J connectivity index is 2.00. The molecule has 0 aliphatic heterocycles. The number of halogens is 4. The van der Waals surface area contributed by atoms with E-state index in [0.29, 0.717) is 21.2 Å². The van der Waals surface area contributed by atoms with Gasteiger partial charge in [0, 0.05) is 22.7 Å². The van der Waals surface area contributed by atoms with Crippen LogP contribution in [0.25, 0.3) is 0 Å². The second-order valence-corrected chi connectivity index (χ2v) is 7.92. The number of aryl methyl sites for hydroxylation is 2.